The van der Waals surface area contributed by atoms with Gasteiger partial charge in [-0.3, -0.25) is 4.79 Å². The first kappa shape index (κ1) is 17.9. The third-order valence-corrected chi connectivity index (χ3v) is 6.29. The molecule has 0 radical (unpaired) electrons. The smallest absolute Gasteiger partial charge is 0.253 e. The number of benzene rings is 1. The summed E-state index contributed by atoms with van der Waals surface area (Å²) >= 11 is 7.30. The van der Waals surface area contributed by atoms with Gasteiger partial charge >= 0.3 is 0 Å². The van der Waals surface area contributed by atoms with Crippen molar-refractivity contribution in [2.45, 2.75) is 11.4 Å². The molecule has 0 N–H and O–H groups in total. The number of halogens is 1. The molecule has 1 aromatic heterocycles. The summed E-state index contributed by atoms with van der Waals surface area (Å²) in [5.41, 5.74) is 0.438. The highest BCUT2D eigenvalue weighted by Crippen LogP contribution is 2.23. The number of hydrogen-bond acceptors (Lipinski definition) is 4. The number of rotatable bonds is 5. The zero-order valence-corrected chi connectivity index (χ0v) is 15.4. The maximum Gasteiger partial charge on any atom is 0.253 e. The predicted molar refractivity (Wildman–Crippen MR) is 92.4 cm³/mol. The molecule has 1 aromatic carbocycles. The minimum atomic E-state index is -3.49. The van der Waals surface area contributed by atoms with Gasteiger partial charge in [-0.2, -0.15) is 0 Å². The lowest BCUT2D eigenvalue weighted by atomic mass is 10.2. The summed E-state index contributed by atoms with van der Waals surface area (Å²) in [6.07, 6.45) is 0. The van der Waals surface area contributed by atoms with Crippen molar-refractivity contribution >= 4 is 38.9 Å². The van der Waals surface area contributed by atoms with Crippen molar-refractivity contribution in [1.82, 2.24) is 9.21 Å². The van der Waals surface area contributed by atoms with E-state index in [-0.39, 0.29) is 10.8 Å². The van der Waals surface area contributed by atoms with Gasteiger partial charge in [-0.15, -0.1) is 11.3 Å². The second-order valence-corrected chi connectivity index (χ2v) is 9.13. The van der Waals surface area contributed by atoms with Gasteiger partial charge in [-0.05, 0) is 36.4 Å². The minimum Gasteiger partial charge on any atom is -0.337 e. The zero-order valence-electron chi connectivity index (χ0n) is 13.0. The molecule has 124 valence electrons. The van der Waals surface area contributed by atoms with Crippen molar-refractivity contribution in [2.75, 3.05) is 21.1 Å². The highest BCUT2D eigenvalue weighted by Gasteiger charge is 2.18. The summed E-state index contributed by atoms with van der Waals surface area (Å²) in [4.78, 5) is 15.1. The maximum absolute atomic E-state index is 12.4. The Morgan fingerprint density at radius 1 is 1.09 bits per heavy atom. The number of carbonyl (C=O) groups excluding carboxylic acids is 1. The van der Waals surface area contributed by atoms with Crippen LogP contribution in [0, 0.1) is 0 Å². The summed E-state index contributed by atoms with van der Waals surface area (Å²) in [7, 11) is 1.14. The molecule has 0 bridgehead atoms. The topological polar surface area (TPSA) is 57.7 Å². The Bertz CT molecular complexity index is 798. The van der Waals surface area contributed by atoms with Crippen molar-refractivity contribution in [3.63, 3.8) is 0 Å². The standard InChI is InChI=1S/C15H17ClN2O3S2/c1-17(2)23(20,21)13-7-4-11(5-8-13)15(19)18(3)10-12-6-9-14(16)22-12/h4-9H,10H2,1-3H3. The molecule has 0 spiro atoms. The molecule has 1 amide bonds. The van der Waals surface area contributed by atoms with Crippen LogP contribution in [0.1, 0.15) is 15.2 Å². The third kappa shape index (κ3) is 4.11. The van der Waals surface area contributed by atoms with E-state index >= 15 is 0 Å². The van der Waals surface area contributed by atoms with Crippen molar-refractivity contribution in [2.24, 2.45) is 0 Å². The fourth-order valence-corrected chi connectivity index (χ4v) is 3.99. The molecule has 5 nitrogen and oxygen atoms in total. The first-order valence-electron chi connectivity index (χ1n) is 6.74. The number of carbonyl (C=O) groups is 1. The Hall–Kier alpha value is -1.41. The van der Waals surface area contributed by atoms with Crippen LogP contribution in [0.15, 0.2) is 41.3 Å². The molecular formula is C15H17ClN2O3S2. The summed E-state index contributed by atoms with van der Waals surface area (Å²) in [6.45, 7) is 0.452. The molecule has 2 aromatic rings. The molecule has 23 heavy (non-hydrogen) atoms. The molecule has 0 atom stereocenters. The average molecular weight is 373 g/mol. The fraction of sp³-hybridized carbons (Fsp3) is 0.267. The Balaban J connectivity index is 2.14. The molecule has 0 aliphatic rings. The predicted octanol–water partition coefficient (Wildman–Crippen LogP) is 2.92. The first-order valence-corrected chi connectivity index (χ1v) is 9.37. The lowest BCUT2D eigenvalue weighted by Gasteiger charge is -2.17. The van der Waals surface area contributed by atoms with Gasteiger partial charge in [0.25, 0.3) is 5.91 Å². The van der Waals surface area contributed by atoms with E-state index in [0.29, 0.717) is 16.4 Å². The Labute approximate surface area is 145 Å². The third-order valence-electron chi connectivity index (χ3n) is 3.25. The van der Waals surface area contributed by atoms with Gasteiger partial charge in [0.1, 0.15) is 0 Å². The molecule has 2 rings (SSSR count). The first-order chi connectivity index (χ1) is 10.7. The number of thiophene rings is 1. The molecular weight excluding hydrogens is 356 g/mol. The Morgan fingerprint density at radius 2 is 1.70 bits per heavy atom. The van der Waals surface area contributed by atoms with Crippen molar-refractivity contribution < 1.29 is 13.2 Å². The monoisotopic (exact) mass is 372 g/mol. The average Bonchev–Trinajstić information content (AvgIpc) is 2.91. The van der Waals surface area contributed by atoms with Crippen LogP contribution in [-0.4, -0.2) is 44.7 Å². The molecule has 0 aliphatic heterocycles. The summed E-state index contributed by atoms with van der Waals surface area (Å²) in [5.74, 6) is -0.177. The quantitative estimate of drug-likeness (QED) is 0.810. The molecule has 0 saturated heterocycles. The van der Waals surface area contributed by atoms with Gasteiger partial charge in [-0.25, -0.2) is 12.7 Å². The molecule has 0 fully saturated rings. The van der Waals surface area contributed by atoms with E-state index in [1.165, 1.54) is 49.7 Å². The van der Waals surface area contributed by atoms with E-state index in [1.54, 1.807) is 18.0 Å². The maximum atomic E-state index is 12.4. The van der Waals surface area contributed by atoms with E-state index in [2.05, 4.69) is 0 Å². The number of nitrogens with zero attached hydrogens (tertiary/aromatic N) is 2. The molecule has 0 unspecified atom stereocenters. The summed E-state index contributed by atoms with van der Waals surface area (Å²) in [6, 6.07) is 9.61. The normalized spacial score (nSPS) is 11.7. The summed E-state index contributed by atoms with van der Waals surface area (Å²) in [5, 5.41) is 0. The fourth-order valence-electron chi connectivity index (χ4n) is 1.94. The number of sulfonamides is 1. The molecule has 0 saturated carbocycles. The van der Waals surface area contributed by atoms with Gasteiger partial charge in [0, 0.05) is 31.6 Å². The zero-order chi connectivity index (χ0) is 17.2. The molecule has 1 heterocycles. The van der Waals surface area contributed by atoms with E-state index in [4.69, 9.17) is 11.6 Å². The van der Waals surface area contributed by atoms with Gasteiger partial charge in [0.05, 0.1) is 15.8 Å². The van der Waals surface area contributed by atoms with Crippen LogP contribution in [0.4, 0.5) is 0 Å². The van der Waals surface area contributed by atoms with E-state index in [0.717, 1.165) is 9.18 Å². The number of hydrogen-bond donors (Lipinski definition) is 0. The summed E-state index contributed by atoms with van der Waals surface area (Å²) < 4.78 is 25.8. The second-order valence-electron chi connectivity index (χ2n) is 5.18. The lowest BCUT2D eigenvalue weighted by Crippen LogP contribution is -2.26. The van der Waals surface area contributed by atoms with E-state index < -0.39 is 10.0 Å². The Kier molecular flexibility index (Phi) is 5.46. The highest BCUT2D eigenvalue weighted by atomic mass is 35.5. The second kappa shape index (κ2) is 7.00. The number of amides is 1. The van der Waals surface area contributed by atoms with Crippen LogP contribution in [0.5, 0.6) is 0 Å². The largest absolute Gasteiger partial charge is 0.337 e. The van der Waals surface area contributed by atoms with Crippen LogP contribution >= 0.6 is 22.9 Å². The van der Waals surface area contributed by atoms with Crippen LogP contribution < -0.4 is 0 Å². The van der Waals surface area contributed by atoms with Crippen LogP contribution in [0.3, 0.4) is 0 Å². The van der Waals surface area contributed by atoms with Gasteiger partial charge < -0.3 is 4.90 Å². The van der Waals surface area contributed by atoms with Crippen molar-refractivity contribution in [1.29, 1.82) is 0 Å². The van der Waals surface area contributed by atoms with Crippen LogP contribution in [-0.2, 0) is 16.6 Å². The van der Waals surface area contributed by atoms with Gasteiger partial charge in [-0.1, -0.05) is 11.6 Å². The lowest BCUT2D eigenvalue weighted by molar-refractivity contribution is 0.0786. The van der Waals surface area contributed by atoms with Crippen molar-refractivity contribution in [3.05, 3.63) is 51.2 Å². The van der Waals surface area contributed by atoms with Crippen LogP contribution in [0.2, 0.25) is 4.34 Å². The molecule has 0 aliphatic carbocycles. The minimum absolute atomic E-state index is 0.159. The SMILES string of the molecule is CN(Cc1ccc(Cl)s1)C(=O)c1ccc(S(=O)(=O)N(C)C)cc1. The van der Waals surface area contributed by atoms with Crippen molar-refractivity contribution in [3.8, 4) is 0 Å². The van der Waals surface area contributed by atoms with Gasteiger partial charge in [0.15, 0.2) is 0 Å². The van der Waals surface area contributed by atoms with E-state index in [1.807, 2.05) is 6.07 Å². The van der Waals surface area contributed by atoms with E-state index in [9.17, 15) is 13.2 Å². The highest BCUT2D eigenvalue weighted by molar-refractivity contribution is 7.89. The molecule has 8 heteroatoms. The van der Waals surface area contributed by atoms with Crippen LogP contribution in [0.25, 0.3) is 0 Å². The Morgan fingerprint density at radius 3 is 2.17 bits per heavy atom. The van der Waals surface area contributed by atoms with Gasteiger partial charge in [0.2, 0.25) is 10.0 Å².